The number of carbonyl (C=O) groups excluding carboxylic acids is 1. The molecule has 0 spiro atoms. The highest BCUT2D eigenvalue weighted by molar-refractivity contribution is 5.89. The Labute approximate surface area is 164 Å². The summed E-state index contributed by atoms with van der Waals surface area (Å²) in [5.41, 5.74) is 0.484. The predicted molar refractivity (Wildman–Crippen MR) is 101 cm³/mol. The molecule has 28 heavy (non-hydrogen) atoms. The molecule has 4 rings (SSSR count). The molecule has 1 saturated heterocycles. The topological polar surface area (TPSA) is 89.7 Å². The van der Waals surface area contributed by atoms with Gasteiger partial charge in [-0.2, -0.15) is 5.10 Å². The summed E-state index contributed by atoms with van der Waals surface area (Å²) in [5, 5.41) is 14.7. The summed E-state index contributed by atoms with van der Waals surface area (Å²) in [4.78, 5) is 18.0. The van der Waals surface area contributed by atoms with Crippen LogP contribution < -0.4 is 4.74 Å². The average molecular weight is 386 g/mol. The minimum absolute atomic E-state index is 0.222. The van der Waals surface area contributed by atoms with Crippen LogP contribution in [-0.4, -0.2) is 69.7 Å². The first-order chi connectivity index (χ1) is 13.6. The Morgan fingerprint density at radius 1 is 1.18 bits per heavy atom. The van der Waals surface area contributed by atoms with Crippen molar-refractivity contribution >= 4 is 5.97 Å². The van der Waals surface area contributed by atoms with Gasteiger partial charge >= 0.3 is 5.97 Å². The van der Waals surface area contributed by atoms with Gasteiger partial charge in [-0.05, 0) is 48.9 Å². The van der Waals surface area contributed by atoms with Gasteiger partial charge in [-0.1, -0.05) is 0 Å². The number of benzene rings is 1. The summed E-state index contributed by atoms with van der Waals surface area (Å²) in [6, 6.07) is 6.87. The fourth-order valence-electron chi connectivity index (χ4n) is 4.35. The molecule has 150 valence electrons. The third-order valence-corrected chi connectivity index (χ3v) is 5.84. The predicted octanol–water partition coefficient (Wildman–Crippen LogP) is 1.21. The molecule has 1 aromatic carbocycles. The van der Waals surface area contributed by atoms with E-state index in [1.54, 1.807) is 36.9 Å². The number of likely N-dealkylation sites (tertiary alicyclic amines) is 1. The summed E-state index contributed by atoms with van der Waals surface area (Å²) in [6.45, 7) is 3.80. The number of aromatic nitrogens is 3. The summed E-state index contributed by atoms with van der Waals surface area (Å²) < 4.78 is 12.6. The van der Waals surface area contributed by atoms with Crippen molar-refractivity contribution in [1.29, 1.82) is 0 Å². The van der Waals surface area contributed by atoms with Crippen LogP contribution in [0.25, 0.3) is 0 Å². The lowest BCUT2D eigenvalue weighted by Gasteiger charge is -2.35. The van der Waals surface area contributed by atoms with E-state index in [9.17, 15) is 9.90 Å². The first-order valence-corrected chi connectivity index (χ1v) is 9.70. The monoisotopic (exact) mass is 386 g/mol. The van der Waals surface area contributed by atoms with E-state index < -0.39 is 6.10 Å². The van der Waals surface area contributed by atoms with E-state index in [0.29, 0.717) is 23.1 Å². The van der Waals surface area contributed by atoms with E-state index >= 15 is 0 Å². The van der Waals surface area contributed by atoms with Crippen molar-refractivity contribution in [3.05, 3.63) is 42.5 Å². The maximum Gasteiger partial charge on any atom is 0.337 e. The zero-order chi connectivity index (χ0) is 19.5. The highest BCUT2D eigenvalue weighted by Crippen LogP contribution is 2.38. The molecule has 8 nitrogen and oxygen atoms in total. The number of carbonyl (C=O) groups is 1. The molecule has 4 atom stereocenters. The molecular formula is C20H26N4O4. The number of rotatable bonds is 6. The molecule has 2 aromatic rings. The fraction of sp³-hybridized carbons (Fsp3) is 0.550. The molecule has 1 saturated carbocycles. The summed E-state index contributed by atoms with van der Waals surface area (Å²) in [5.74, 6) is 1.33. The molecule has 1 aromatic heterocycles. The number of nitrogens with zero attached hydrogens (tertiary/aromatic N) is 4. The minimum Gasteiger partial charge on any atom is -0.488 e. The molecule has 1 aliphatic carbocycles. The molecule has 0 radical (unpaired) electrons. The maximum absolute atomic E-state index is 11.5. The second-order valence-electron chi connectivity index (χ2n) is 7.65. The van der Waals surface area contributed by atoms with Crippen LogP contribution in [0, 0.1) is 11.8 Å². The molecule has 8 heteroatoms. The number of ether oxygens (including phenoxy) is 2. The number of methoxy groups -OCH3 is 1. The molecule has 0 bridgehead atoms. The van der Waals surface area contributed by atoms with Crippen molar-refractivity contribution in [2.45, 2.75) is 31.6 Å². The van der Waals surface area contributed by atoms with Crippen LogP contribution in [0.4, 0.5) is 0 Å². The Bertz CT molecular complexity index is 780. The Hall–Kier alpha value is -2.45. The van der Waals surface area contributed by atoms with E-state index in [1.165, 1.54) is 7.11 Å². The summed E-state index contributed by atoms with van der Waals surface area (Å²) in [6.07, 6.45) is 4.19. The number of fused-ring (bicyclic) bond motifs is 1. The quantitative estimate of drug-likeness (QED) is 0.747. The SMILES string of the molecule is COC(=O)c1ccc(O[C@@H]2C[C@@H]3CN(CCn4cncn4)C[C@@H]3C[C@H]2O)cc1. The van der Waals surface area contributed by atoms with Gasteiger partial charge in [-0.25, -0.2) is 9.78 Å². The Balaban J connectivity index is 1.32. The van der Waals surface area contributed by atoms with Gasteiger partial charge in [0.2, 0.25) is 0 Å². The second kappa shape index (κ2) is 8.28. The highest BCUT2D eigenvalue weighted by Gasteiger charge is 2.42. The van der Waals surface area contributed by atoms with E-state index in [2.05, 4.69) is 15.0 Å². The normalized spacial score (nSPS) is 27.4. The van der Waals surface area contributed by atoms with E-state index in [1.807, 2.05) is 4.68 Å². The lowest BCUT2D eigenvalue weighted by Crippen LogP contribution is -2.42. The zero-order valence-electron chi connectivity index (χ0n) is 16.0. The van der Waals surface area contributed by atoms with E-state index in [0.717, 1.165) is 39.0 Å². The van der Waals surface area contributed by atoms with Gasteiger partial charge in [0.1, 0.15) is 24.5 Å². The van der Waals surface area contributed by atoms with Crippen LogP contribution in [0.1, 0.15) is 23.2 Å². The number of hydrogen-bond donors (Lipinski definition) is 1. The number of hydrogen-bond acceptors (Lipinski definition) is 7. The molecule has 1 N–H and O–H groups in total. The van der Waals surface area contributed by atoms with Crippen molar-refractivity contribution in [2.75, 3.05) is 26.7 Å². The van der Waals surface area contributed by atoms with Gasteiger partial charge in [0.25, 0.3) is 0 Å². The third-order valence-electron chi connectivity index (χ3n) is 5.84. The zero-order valence-corrected chi connectivity index (χ0v) is 16.0. The van der Waals surface area contributed by atoms with Crippen LogP contribution in [0.5, 0.6) is 5.75 Å². The van der Waals surface area contributed by atoms with Gasteiger partial charge < -0.3 is 19.5 Å². The molecule has 2 fully saturated rings. The lowest BCUT2D eigenvalue weighted by atomic mass is 9.78. The van der Waals surface area contributed by atoms with E-state index in [-0.39, 0.29) is 12.1 Å². The summed E-state index contributed by atoms with van der Waals surface area (Å²) in [7, 11) is 1.36. The maximum atomic E-state index is 11.5. The summed E-state index contributed by atoms with van der Waals surface area (Å²) >= 11 is 0. The number of esters is 1. The number of aliphatic hydroxyl groups is 1. The Morgan fingerprint density at radius 3 is 2.61 bits per heavy atom. The largest absolute Gasteiger partial charge is 0.488 e. The van der Waals surface area contributed by atoms with Crippen LogP contribution in [0.3, 0.4) is 0 Å². The van der Waals surface area contributed by atoms with E-state index in [4.69, 9.17) is 9.47 Å². The third kappa shape index (κ3) is 4.18. The van der Waals surface area contributed by atoms with Gasteiger partial charge in [0, 0.05) is 19.6 Å². The van der Waals surface area contributed by atoms with Crippen molar-refractivity contribution < 1.29 is 19.4 Å². The van der Waals surface area contributed by atoms with Crippen molar-refractivity contribution in [3.8, 4) is 5.75 Å². The van der Waals surface area contributed by atoms with Crippen LogP contribution >= 0.6 is 0 Å². The number of aliphatic hydroxyl groups excluding tert-OH is 1. The van der Waals surface area contributed by atoms with Gasteiger partial charge in [0.05, 0.1) is 25.3 Å². The van der Waals surface area contributed by atoms with Crippen LogP contribution in [0.15, 0.2) is 36.9 Å². The first kappa shape index (κ1) is 18.9. The van der Waals surface area contributed by atoms with Gasteiger partial charge in [0.15, 0.2) is 0 Å². The molecule has 1 aliphatic heterocycles. The second-order valence-corrected chi connectivity index (χ2v) is 7.65. The van der Waals surface area contributed by atoms with Crippen molar-refractivity contribution in [1.82, 2.24) is 19.7 Å². The Morgan fingerprint density at radius 2 is 1.93 bits per heavy atom. The van der Waals surface area contributed by atoms with Crippen LogP contribution in [-0.2, 0) is 11.3 Å². The van der Waals surface area contributed by atoms with Crippen LogP contribution in [0.2, 0.25) is 0 Å². The molecule has 0 unspecified atom stereocenters. The standard InChI is InChI=1S/C20H26N4O4/c1-27-20(26)14-2-4-17(5-3-14)28-19-9-16-11-23(10-15(16)8-18(19)25)6-7-24-13-21-12-22-24/h2-5,12-13,15-16,18-19,25H,6-11H2,1H3/t15-,16+,18+,19+/m0/s1. The molecule has 0 amide bonds. The highest BCUT2D eigenvalue weighted by atomic mass is 16.5. The van der Waals surface area contributed by atoms with Gasteiger partial charge in [-0.3, -0.25) is 4.68 Å². The first-order valence-electron chi connectivity index (χ1n) is 9.70. The Kier molecular flexibility index (Phi) is 5.59. The van der Waals surface area contributed by atoms with Crippen molar-refractivity contribution in [2.24, 2.45) is 11.8 Å². The molecule has 2 aliphatic rings. The average Bonchev–Trinajstić information content (AvgIpc) is 3.36. The van der Waals surface area contributed by atoms with Crippen molar-refractivity contribution in [3.63, 3.8) is 0 Å². The van der Waals surface area contributed by atoms with Gasteiger partial charge in [-0.15, -0.1) is 0 Å². The minimum atomic E-state index is -0.475. The lowest BCUT2D eigenvalue weighted by molar-refractivity contribution is -0.0231. The smallest absolute Gasteiger partial charge is 0.337 e. The fourth-order valence-corrected chi connectivity index (χ4v) is 4.35. The molecule has 2 heterocycles. The molecular weight excluding hydrogens is 360 g/mol.